The zero-order valence-corrected chi connectivity index (χ0v) is 6.26. The smallest absolute Gasteiger partial charge is 0.368 e. The van der Waals surface area contributed by atoms with Gasteiger partial charge in [0.1, 0.15) is 6.73 Å². The van der Waals surface area contributed by atoms with Crippen molar-refractivity contribution in [2.45, 2.75) is 6.92 Å². The molecule has 0 saturated heterocycles. The van der Waals surface area contributed by atoms with E-state index in [4.69, 9.17) is 16.7 Å². The van der Waals surface area contributed by atoms with Crippen LogP contribution in [0.25, 0.3) is 0 Å². The summed E-state index contributed by atoms with van der Waals surface area (Å²) >= 11 is 5.23. The summed E-state index contributed by atoms with van der Waals surface area (Å²) in [4.78, 5) is 13.7. The molecule has 0 rings (SSSR count). The first kappa shape index (κ1) is 9.39. The van der Waals surface area contributed by atoms with Gasteiger partial charge in [-0.15, -0.1) is 0 Å². The number of halogens is 1. The first-order valence-corrected chi connectivity index (χ1v) is 3.08. The summed E-state index contributed by atoms with van der Waals surface area (Å²) in [5.41, 5.74) is 0. The number of carbonyl (C=O) groups is 1. The molecule has 0 unspecified atom stereocenters. The molecule has 0 atom stereocenters. The number of rotatable bonds is 3. The van der Waals surface area contributed by atoms with E-state index in [1.54, 1.807) is 6.92 Å². The van der Waals surface area contributed by atoms with Gasteiger partial charge in [-0.2, -0.15) is 0 Å². The maximum atomic E-state index is 10.5. The van der Waals surface area contributed by atoms with E-state index in [0.29, 0.717) is 0 Å². The Bertz CT molecular complexity index is 146. The van der Waals surface area contributed by atoms with Crippen LogP contribution in [0, 0.1) is 0 Å². The second-order valence-corrected chi connectivity index (χ2v) is 1.67. The number of nitrogens with zero attached hydrogens (tertiary/aromatic N) is 1. The highest BCUT2D eigenvalue weighted by Crippen LogP contribution is 1.89. The van der Waals surface area contributed by atoms with Crippen molar-refractivity contribution in [3.05, 3.63) is 0 Å². The zero-order valence-electron chi connectivity index (χ0n) is 5.50. The first-order chi connectivity index (χ1) is 4.72. The SMILES string of the molecule is CCOC(=O)C(Cl)=NCO. The van der Waals surface area contributed by atoms with Crippen molar-refractivity contribution in [2.24, 2.45) is 4.99 Å². The lowest BCUT2D eigenvalue weighted by Crippen LogP contribution is -2.12. The van der Waals surface area contributed by atoms with Gasteiger partial charge in [-0.1, -0.05) is 11.6 Å². The lowest BCUT2D eigenvalue weighted by atomic mass is 10.7. The molecule has 0 aromatic carbocycles. The van der Waals surface area contributed by atoms with E-state index in [2.05, 4.69) is 9.73 Å². The van der Waals surface area contributed by atoms with Crippen molar-refractivity contribution in [1.29, 1.82) is 0 Å². The monoisotopic (exact) mass is 165 g/mol. The highest BCUT2D eigenvalue weighted by Gasteiger charge is 2.06. The quantitative estimate of drug-likeness (QED) is 0.478. The van der Waals surface area contributed by atoms with Crippen molar-refractivity contribution in [3.63, 3.8) is 0 Å². The van der Waals surface area contributed by atoms with E-state index in [0.717, 1.165) is 0 Å². The van der Waals surface area contributed by atoms with Crippen LogP contribution in [0.15, 0.2) is 4.99 Å². The molecule has 5 heteroatoms. The normalized spacial score (nSPS) is 11.3. The van der Waals surface area contributed by atoms with Crippen molar-refractivity contribution in [3.8, 4) is 0 Å². The Morgan fingerprint density at radius 1 is 1.80 bits per heavy atom. The van der Waals surface area contributed by atoms with Gasteiger partial charge in [0.15, 0.2) is 0 Å². The molecule has 0 aromatic heterocycles. The Morgan fingerprint density at radius 2 is 2.40 bits per heavy atom. The first-order valence-electron chi connectivity index (χ1n) is 2.70. The van der Waals surface area contributed by atoms with Gasteiger partial charge in [-0.25, -0.2) is 9.79 Å². The highest BCUT2D eigenvalue weighted by molar-refractivity contribution is 6.82. The number of aliphatic imine (C=N–C) groups is 1. The molecule has 0 heterocycles. The van der Waals surface area contributed by atoms with Crippen molar-refractivity contribution < 1.29 is 14.6 Å². The molecule has 0 radical (unpaired) electrons. The molecule has 0 bridgehead atoms. The maximum absolute atomic E-state index is 10.5. The van der Waals surface area contributed by atoms with E-state index in [9.17, 15) is 4.79 Å². The van der Waals surface area contributed by atoms with Crippen LogP contribution in [0.1, 0.15) is 6.92 Å². The summed E-state index contributed by atoms with van der Waals surface area (Å²) < 4.78 is 4.44. The van der Waals surface area contributed by atoms with E-state index >= 15 is 0 Å². The fraction of sp³-hybridized carbons (Fsp3) is 0.600. The minimum Gasteiger partial charge on any atom is -0.461 e. The van der Waals surface area contributed by atoms with Crippen LogP contribution in [-0.4, -0.2) is 29.6 Å². The van der Waals surface area contributed by atoms with Crippen LogP contribution in [0.3, 0.4) is 0 Å². The predicted molar refractivity (Wildman–Crippen MR) is 37.0 cm³/mol. The van der Waals surface area contributed by atoms with E-state index in [1.165, 1.54) is 0 Å². The third-order valence-electron chi connectivity index (χ3n) is 0.653. The molecule has 0 spiro atoms. The fourth-order valence-corrected chi connectivity index (χ4v) is 0.425. The van der Waals surface area contributed by atoms with Gasteiger partial charge in [0.25, 0.3) is 0 Å². The highest BCUT2D eigenvalue weighted by atomic mass is 35.5. The van der Waals surface area contributed by atoms with Crippen LogP contribution < -0.4 is 0 Å². The molecule has 0 saturated carbocycles. The maximum Gasteiger partial charge on any atom is 0.368 e. The number of aliphatic hydroxyl groups is 1. The minimum absolute atomic E-state index is 0.246. The van der Waals surface area contributed by atoms with Gasteiger partial charge in [0.2, 0.25) is 5.17 Å². The summed E-state index contributed by atoms with van der Waals surface area (Å²) in [6.45, 7) is 1.40. The Balaban J connectivity index is 3.82. The molecule has 1 N–H and O–H groups in total. The summed E-state index contributed by atoms with van der Waals surface area (Å²) in [7, 11) is 0. The molecule has 0 aliphatic carbocycles. The summed E-state index contributed by atoms with van der Waals surface area (Å²) in [6.07, 6.45) is 0. The Labute approximate surface area is 63.5 Å². The van der Waals surface area contributed by atoms with Crippen LogP contribution in [0.4, 0.5) is 0 Å². The van der Waals surface area contributed by atoms with Crippen LogP contribution in [0.5, 0.6) is 0 Å². The van der Waals surface area contributed by atoms with Gasteiger partial charge >= 0.3 is 5.97 Å². The number of carbonyl (C=O) groups excluding carboxylic acids is 1. The number of hydrogen-bond donors (Lipinski definition) is 1. The molecule has 10 heavy (non-hydrogen) atoms. The Kier molecular flexibility index (Phi) is 4.88. The Morgan fingerprint density at radius 3 is 2.80 bits per heavy atom. The third-order valence-corrected chi connectivity index (χ3v) is 0.927. The lowest BCUT2D eigenvalue weighted by Gasteiger charge is -1.96. The lowest BCUT2D eigenvalue weighted by molar-refractivity contribution is -0.134. The van der Waals surface area contributed by atoms with Crippen molar-refractivity contribution in [1.82, 2.24) is 0 Å². The summed E-state index contributed by atoms with van der Waals surface area (Å²) in [6, 6.07) is 0. The number of esters is 1. The standard InChI is InChI=1S/C5H8ClNO3/c1-2-10-5(9)4(6)7-3-8/h8H,2-3H2,1H3. The van der Waals surface area contributed by atoms with Gasteiger partial charge < -0.3 is 9.84 Å². The second kappa shape index (κ2) is 5.20. The van der Waals surface area contributed by atoms with E-state index < -0.39 is 12.7 Å². The molecule has 58 valence electrons. The molecule has 0 aliphatic heterocycles. The second-order valence-electron chi connectivity index (χ2n) is 1.31. The zero-order chi connectivity index (χ0) is 7.98. The van der Waals surface area contributed by atoms with Gasteiger partial charge in [-0.3, -0.25) is 0 Å². The van der Waals surface area contributed by atoms with Crippen LogP contribution in [0.2, 0.25) is 0 Å². The van der Waals surface area contributed by atoms with E-state index in [-0.39, 0.29) is 11.8 Å². The van der Waals surface area contributed by atoms with Crippen molar-refractivity contribution >= 4 is 22.7 Å². The fourth-order valence-electron chi connectivity index (χ4n) is 0.317. The minimum atomic E-state index is -0.710. The van der Waals surface area contributed by atoms with Gasteiger partial charge in [0, 0.05) is 0 Å². The van der Waals surface area contributed by atoms with Gasteiger partial charge in [-0.05, 0) is 6.92 Å². The molecular formula is C5H8ClNO3. The average molecular weight is 166 g/mol. The Hall–Kier alpha value is -0.610. The van der Waals surface area contributed by atoms with E-state index in [1.807, 2.05) is 0 Å². The molecule has 0 aromatic rings. The number of hydrogen-bond acceptors (Lipinski definition) is 4. The molecular weight excluding hydrogens is 158 g/mol. The summed E-state index contributed by atoms with van der Waals surface area (Å²) in [5, 5.41) is 7.84. The summed E-state index contributed by atoms with van der Waals surface area (Å²) in [5.74, 6) is -0.710. The van der Waals surface area contributed by atoms with Crippen LogP contribution >= 0.6 is 11.6 Å². The van der Waals surface area contributed by atoms with Gasteiger partial charge in [0.05, 0.1) is 6.61 Å². The average Bonchev–Trinajstić information content (AvgIpc) is 1.89. The third kappa shape index (κ3) is 3.42. The molecule has 0 aliphatic rings. The van der Waals surface area contributed by atoms with Crippen LogP contribution in [-0.2, 0) is 9.53 Å². The molecule has 4 nitrogen and oxygen atoms in total. The predicted octanol–water partition coefficient (Wildman–Crippen LogP) is 0.137. The van der Waals surface area contributed by atoms with Crippen molar-refractivity contribution in [2.75, 3.05) is 13.3 Å². The molecule has 0 amide bonds. The molecule has 0 fully saturated rings. The largest absolute Gasteiger partial charge is 0.461 e. The number of aliphatic hydroxyl groups excluding tert-OH is 1. The topological polar surface area (TPSA) is 58.9 Å². The number of ether oxygens (including phenoxy) is 1.